The third-order valence-electron chi connectivity index (χ3n) is 2.56. The Bertz CT molecular complexity index is 520. The van der Waals surface area contributed by atoms with Gasteiger partial charge in [0.1, 0.15) is 10.8 Å². The second-order valence-corrected chi connectivity index (χ2v) is 5.02. The number of nitrogens with two attached hydrogens (primary N) is 1. The first kappa shape index (κ1) is 12.1. The van der Waals surface area contributed by atoms with Crippen molar-refractivity contribution in [2.75, 3.05) is 7.11 Å². The normalized spacial score (nSPS) is 12.5. The summed E-state index contributed by atoms with van der Waals surface area (Å²) < 4.78 is 5.21. The lowest BCUT2D eigenvalue weighted by Gasteiger charge is -2.01. The molecule has 0 fully saturated rings. The van der Waals surface area contributed by atoms with Crippen LogP contribution in [0.1, 0.15) is 23.5 Å². The molecular weight excluding hydrogens is 232 g/mol. The molecule has 2 aromatic rings. The van der Waals surface area contributed by atoms with Crippen molar-refractivity contribution in [1.82, 2.24) is 4.98 Å². The van der Waals surface area contributed by atoms with Crippen LogP contribution < -0.4 is 10.5 Å². The van der Waals surface area contributed by atoms with Gasteiger partial charge in [-0.2, -0.15) is 0 Å². The summed E-state index contributed by atoms with van der Waals surface area (Å²) in [6, 6.07) is 7.95. The van der Waals surface area contributed by atoms with Crippen molar-refractivity contribution in [2.45, 2.75) is 19.9 Å². The van der Waals surface area contributed by atoms with E-state index in [9.17, 15) is 0 Å². The Hall–Kier alpha value is -1.39. The Labute approximate surface area is 105 Å². The van der Waals surface area contributed by atoms with Crippen molar-refractivity contribution in [3.63, 3.8) is 0 Å². The van der Waals surface area contributed by atoms with Crippen LogP contribution in [0.15, 0.2) is 24.3 Å². The molecule has 1 aromatic heterocycles. The van der Waals surface area contributed by atoms with Gasteiger partial charge in [-0.3, -0.25) is 0 Å². The van der Waals surface area contributed by atoms with E-state index in [4.69, 9.17) is 10.5 Å². The minimum Gasteiger partial charge on any atom is -0.497 e. The number of hydrogen-bond donors (Lipinski definition) is 1. The van der Waals surface area contributed by atoms with Gasteiger partial charge in [-0.15, -0.1) is 11.3 Å². The average molecular weight is 248 g/mol. The molecule has 2 N–H and O–H groups in total. The van der Waals surface area contributed by atoms with E-state index in [0.29, 0.717) is 0 Å². The fraction of sp³-hybridized carbons (Fsp3) is 0.308. The lowest BCUT2D eigenvalue weighted by Crippen LogP contribution is -2.03. The highest BCUT2D eigenvalue weighted by atomic mass is 32.1. The van der Waals surface area contributed by atoms with Gasteiger partial charge in [-0.05, 0) is 26.0 Å². The molecule has 0 aliphatic heterocycles. The van der Waals surface area contributed by atoms with Crippen LogP contribution in [-0.2, 0) is 0 Å². The second kappa shape index (κ2) is 4.85. The van der Waals surface area contributed by atoms with Crippen LogP contribution in [0, 0.1) is 6.92 Å². The smallest absolute Gasteiger partial charge is 0.124 e. The number of aromatic nitrogens is 1. The van der Waals surface area contributed by atoms with Crippen molar-refractivity contribution in [3.8, 4) is 16.3 Å². The zero-order valence-electron chi connectivity index (χ0n) is 10.2. The van der Waals surface area contributed by atoms with Gasteiger partial charge in [-0.1, -0.05) is 12.1 Å². The first-order chi connectivity index (χ1) is 8.11. The monoisotopic (exact) mass is 248 g/mol. The van der Waals surface area contributed by atoms with Crippen molar-refractivity contribution >= 4 is 11.3 Å². The van der Waals surface area contributed by atoms with Gasteiger partial charge in [-0.25, -0.2) is 4.98 Å². The molecule has 17 heavy (non-hydrogen) atoms. The summed E-state index contributed by atoms with van der Waals surface area (Å²) in [6.07, 6.45) is 0. The molecule has 3 nitrogen and oxygen atoms in total. The number of rotatable bonds is 3. The molecule has 1 atom stereocenters. The highest BCUT2D eigenvalue weighted by Gasteiger charge is 2.12. The van der Waals surface area contributed by atoms with E-state index in [-0.39, 0.29) is 6.04 Å². The first-order valence-electron chi connectivity index (χ1n) is 5.49. The zero-order chi connectivity index (χ0) is 12.4. The molecule has 0 saturated carbocycles. The number of aryl methyl sites for hydroxylation is 1. The molecule has 0 radical (unpaired) electrons. The second-order valence-electron chi connectivity index (χ2n) is 3.99. The molecule has 0 amide bonds. The molecule has 1 aromatic carbocycles. The van der Waals surface area contributed by atoms with Crippen molar-refractivity contribution in [2.24, 2.45) is 5.73 Å². The van der Waals surface area contributed by atoms with E-state index in [1.54, 1.807) is 18.4 Å². The van der Waals surface area contributed by atoms with Crippen LogP contribution in [0.2, 0.25) is 0 Å². The van der Waals surface area contributed by atoms with Gasteiger partial charge in [0.15, 0.2) is 0 Å². The van der Waals surface area contributed by atoms with Gasteiger partial charge >= 0.3 is 0 Å². The number of methoxy groups -OCH3 is 1. The summed E-state index contributed by atoms with van der Waals surface area (Å²) in [6.45, 7) is 3.98. The summed E-state index contributed by atoms with van der Waals surface area (Å²) >= 11 is 1.65. The Kier molecular flexibility index (Phi) is 3.45. The minimum atomic E-state index is 0.0341. The Morgan fingerprint density at radius 1 is 1.41 bits per heavy atom. The Morgan fingerprint density at radius 3 is 2.76 bits per heavy atom. The molecule has 90 valence electrons. The topological polar surface area (TPSA) is 48.1 Å². The molecule has 0 saturated heterocycles. The van der Waals surface area contributed by atoms with Gasteiger partial charge in [0.05, 0.1) is 12.8 Å². The van der Waals surface area contributed by atoms with Gasteiger partial charge < -0.3 is 10.5 Å². The molecular formula is C13H16N2OS. The van der Waals surface area contributed by atoms with Gasteiger partial charge in [0.25, 0.3) is 0 Å². The predicted octanol–water partition coefficient (Wildman–Crippen LogP) is 3.15. The number of nitrogens with zero attached hydrogens (tertiary/aromatic N) is 1. The van der Waals surface area contributed by atoms with E-state index in [1.807, 2.05) is 38.1 Å². The van der Waals surface area contributed by atoms with Crippen molar-refractivity contribution in [1.29, 1.82) is 0 Å². The third kappa shape index (κ3) is 2.48. The van der Waals surface area contributed by atoms with E-state index >= 15 is 0 Å². The zero-order valence-corrected chi connectivity index (χ0v) is 11.0. The van der Waals surface area contributed by atoms with Crippen LogP contribution in [0.25, 0.3) is 10.6 Å². The number of thiazole rings is 1. The minimum absolute atomic E-state index is 0.0341. The summed E-state index contributed by atoms with van der Waals surface area (Å²) in [4.78, 5) is 5.70. The summed E-state index contributed by atoms with van der Waals surface area (Å²) in [5.41, 5.74) is 8.00. The maximum atomic E-state index is 5.91. The maximum absolute atomic E-state index is 5.91. The van der Waals surface area contributed by atoms with Crippen molar-refractivity contribution in [3.05, 3.63) is 34.8 Å². The van der Waals surface area contributed by atoms with E-state index < -0.39 is 0 Å². The fourth-order valence-electron chi connectivity index (χ4n) is 1.71. The highest BCUT2D eigenvalue weighted by molar-refractivity contribution is 7.15. The summed E-state index contributed by atoms with van der Waals surface area (Å²) in [7, 11) is 1.67. The number of hydrogen-bond acceptors (Lipinski definition) is 4. The third-order valence-corrected chi connectivity index (χ3v) is 3.97. The van der Waals surface area contributed by atoms with Crippen LogP contribution >= 0.6 is 11.3 Å². The molecule has 1 heterocycles. The van der Waals surface area contributed by atoms with Crippen LogP contribution in [0.4, 0.5) is 0 Å². The Morgan fingerprint density at radius 2 is 2.18 bits per heavy atom. The predicted molar refractivity (Wildman–Crippen MR) is 71.4 cm³/mol. The van der Waals surface area contributed by atoms with Crippen LogP contribution in [0.5, 0.6) is 5.75 Å². The molecule has 4 heteroatoms. The molecule has 0 spiro atoms. The van der Waals surface area contributed by atoms with E-state index in [1.165, 1.54) is 0 Å². The van der Waals surface area contributed by atoms with Crippen LogP contribution in [-0.4, -0.2) is 12.1 Å². The lowest BCUT2D eigenvalue weighted by molar-refractivity contribution is 0.415. The van der Waals surface area contributed by atoms with Crippen LogP contribution in [0.3, 0.4) is 0 Å². The molecule has 0 bridgehead atoms. The summed E-state index contributed by atoms with van der Waals surface area (Å²) in [5, 5.41) is 0.994. The Balaban J connectivity index is 2.42. The highest BCUT2D eigenvalue weighted by Crippen LogP contribution is 2.32. The molecule has 2 rings (SSSR count). The van der Waals surface area contributed by atoms with Gasteiger partial charge in [0, 0.05) is 16.5 Å². The molecule has 0 aliphatic rings. The lowest BCUT2D eigenvalue weighted by atomic mass is 10.2. The average Bonchev–Trinajstić information content (AvgIpc) is 2.71. The SMILES string of the molecule is COc1cccc(-c2nc(C)c(C(C)N)s2)c1. The molecule has 1 unspecified atom stereocenters. The van der Waals surface area contributed by atoms with E-state index in [2.05, 4.69) is 4.98 Å². The van der Waals surface area contributed by atoms with Crippen molar-refractivity contribution < 1.29 is 4.74 Å². The largest absolute Gasteiger partial charge is 0.497 e. The maximum Gasteiger partial charge on any atom is 0.124 e. The summed E-state index contributed by atoms with van der Waals surface area (Å²) in [5.74, 6) is 0.845. The molecule has 0 aliphatic carbocycles. The standard InChI is InChI=1S/C13H16N2OS/c1-8(14)12-9(2)15-13(17-12)10-5-4-6-11(7-10)16-3/h4-8H,14H2,1-3H3. The number of ether oxygens (including phenoxy) is 1. The first-order valence-corrected chi connectivity index (χ1v) is 6.31. The van der Waals surface area contributed by atoms with Gasteiger partial charge in [0.2, 0.25) is 0 Å². The van der Waals surface area contributed by atoms with E-state index in [0.717, 1.165) is 26.9 Å². The number of benzene rings is 1. The fourth-order valence-corrected chi connectivity index (χ4v) is 2.73. The quantitative estimate of drug-likeness (QED) is 0.907.